The lowest BCUT2D eigenvalue weighted by Crippen LogP contribution is -2.16. The molecule has 0 fully saturated rings. The van der Waals surface area contributed by atoms with Crippen molar-refractivity contribution in [2.75, 3.05) is 11.1 Å². The maximum atomic E-state index is 12.1. The molecular formula is C15H18N4O6S. The molecule has 0 radical (unpaired) electrons. The maximum Gasteiger partial charge on any atom is 0.390 e. The molecule has 0 bridgehead atoms. The molecule has 1 heterocycles. The number of phenolic OH excluding ortho intramolecular Hbond substituents is 1. The van der Waals surface area contributed by atoms with E-state index in [1.165, 1.54) is 35.9 Å². The Morgan fingerprint density at radius 1 is 1.38 bits per heavy atom. The molecule has 2 N–H and O–H groups in total. The molecule has 0 saturated carbocycles. The average Bonchev–Trinajstić information content (AvgIpc) is 2.96. The van der Waals surface area contributed by atoms with Crippen LogP contribution in [0.4, 0.5) is 11.5 Å². The second-order valence-electron chi connectivity index (χ2n) is 5.50. The van der Waals surface area contributed by atoms with Gasteiger partial charge in [0, 0.05) is 6.42 Å². The Morgan fingerprint density at radius 2 is 2.08 bits per heavy atom. The monoisotopic (exact) mass is 382 g/mol. The van der Waals surface area contributed by atoms with Crippen molar-refractivity contribution < 1.29 is 23.2 Å². The molecular weight excluding hydrogens is 364 g/mol. The van der Waals surface area contributed by atoms with E-state index in [1.54, 1.807) is 6.92 Å². The van der Waals surface area contributed by atoms with Gasteiger partial charge in [-0.1, -0.05) is 6.92 Å². The zero-order valence-electron chi connectivity index (χ0n) is 14.2. The van der Waals surface area contributed by atoms with Crippen molar-refractivity contribution in [1.82, 2.24) is 9.78 Å². The molecule has 2 rings (SSSR count). The molecule has 26 heavy (non-hydrogen) atoms. The average molecular weight is 382 g/mol. The second-order valence-corrected chi connectivity index (χ2v) is 7.78. The Hall–Kier alpha value is -2.95. The van der Waals surface area contributed by atoms with Crippen molar-refractivity contribution in [2.24, 2.45) is 0 Å². The van der Waals surface area contributed by atoms with E-state index in [9.17, 15) is 28.4 Å². The number of carbonyl (C=O) groups excluding carboxylic acids is 1. The number of benzene rings is 1. The number of aromatic nitrogens is 2. The number of aromatic hydroxyl groups is 1. The van der Waals surface area contributed by atoms with E-state index in [4.69, 9.17) is 0 Å². The Labute approximate surface area is 149 Å². The Morgan fingerprint density at radius 3 is 2.65 bits per heavy atom. The molecule has 1 amide bonds. The molecule has 0 unspecified atom stereocenters. The largest absolute Gasteiger partial charge is 0.506 e. The first-order valence-corrected chi connectivity index (χ1v) is 9.33. The SMILES string of the molecule is CCS(=O)(=O)c1ccc(O)c(NC(=O)CCn2nc([N+](=O)[O-])cc2C)c1. The summed E-state index contributed by atoms with van der Waals surface area (Å²) in [6.07, 6.45) is -0.0656. The summed E-state index contributed by atoms with van der Waals surface area (Å²) in [5, 5.41) is 26.7. The van der Waals surface area contributed by atoms with Gasteiger partial charge in [-0.25, -0.2) is 8.42 Å². The topological polar surface area (TPSA) is 144 Å². The van der Waals surface area contributed by atoms with Gasteiger partial charge in [-0.2, -0.15) is 4.68 Å². The van der Waals surface area contributed by atoms with Crippen molar-refractivity contribution >= 4 is 27.2 Å². The molecule has 1 aromatic carbocycles. The highest BCUT2D eigenvalue weighted by molar-refractivity contribution is 7.91. The zero-order chi connectivity index (χ0) is 19.5. The summed E-state index contributed by atoms with van der Waals surface area (Å²) in [6.45, 7) is 3.22. The molecule has 0 saturated heterocycles. The maximum absolute atomic E-state index is 12.1. The minimum absolute atomic E-state index is 0.00774. The summed E-state index contributed by atoms with van der Waals surface area (Å²) < 4.78 is 25.1. The van der Waals surface area contributed by atoms with Crippen LogP contribution < -0.4 is 5.32 Å². The molecule has 11 heteroatoms. The van der Waals surface area contributed by atoms with Crippen LogP contribution in [0.1, 0.15) is 19.0 Å². The fraction of sp³-hybridized carbons (Fsp3) is 0.333. The standard InChI is InChI=1S/C15H18N4O6S/c1-3-26(24,25)11-4-5-13(20)12(9-11)16-15(21)6-7-18-10(2)8-14(17-18)19(22)23/h4-5,8-9,20H,3,6-7H2,1-2H3,(H,16,21). The van der Waals surface area contributed by atoms with Crippen LogP contribution in [-0.2, 0) is 21.2 Å². The number of hydrogen-bond acceptors (Lipinski definition) is 7. The lowest BCUT2D eigenvalue weighted by atomic mass is 10.2. The summed E-state index contributed by atoms with van der Waals surface area (Å²) in [4.78, 5) is 22.1. The number of anilines is 1. The summed E-state index contributed by atoms with van der Waals surface area (Å²) in [5.41, 5.74) is 0.510. The van der Waals surface area contributed by atoms with E-state index in [0.717, 1.165) is 0 Å². The van der Waals surface area contributed by atoms with Crippen molar-refractivity contribution in [1.29, 1.82) is 0 Å². The van der Waals surface area contributed by atoms with Crippen LogP contribution in [0.2, 0.25) is 0 Å². The van der Waals surface area contributed by atoms with Crippen LogP contribution >= 0.6 is 0 Å². The third-order valence-corrected chi connectivity index (χ3v) is 5.42. The lowest BCUT2D eigenvalue weighted by molar-refractivity contribution is -0.389. The lowest BCUT2D eigenvalue weighted by Gasteiger charge is -2.09. The van der Waals surface area contributed by atoms with E-state index in [1.807, 2.05) is 0 Å². The fourth-order valence-corrected chi connectivity index (χ4v) is 3.11. The molecule has 0 aliphatic carbocycles. The molecule has 1 aromatic heterocycles. The van der Waals surface area contributed by atoms with E-state index in [-0.39, 0.29) is 40.9 Å². The van der Waals surface area contributed by atoms with E-state index in [0.29, 0.717) is 5.69 Å². The molecule has 10 nitrogen and oxygen atoms in total. The van der Waals surface area contributed by atoms with Crippen LogP contribution in [0.5, 0.6) is 5.75 Å². The van der Waals surface area contributed by atoms with Crippen molar-refractivity contribution in [3.63, 3.8) is 0 Å². The number of carbonyl (C=O) groups is 1. The minimum Gasteiger partial charge on any atom is -0.506 e. The van der Waals surface area contributed by atoms with Gasteiger partial charge in [-0.05, 0) is 30.0 Å². The first kappa shape index (κ1) is 19.4. The third-order valence-electron chi connectivity index (χ3n) is 3.69. The summed E-state index contributed by atoms with van der Waals surface area (Å²) >= 11 is 0. The summed E-state index contributed by atoms with van der Waals surface area (Å²) in [6, 6.07) is 4.94. The Balaban J connectivity index is 2.08. The van der Waals surface area contributed by atoms with Gasteiger partial charge in [0.1, 0.15) is 5.75 Å². The highest BCUT2D eigenvalue weighted by atomic mass is 32.2. The minimum atomic E-state index is -3.48. The number of nitro groups is 1. The van der Waals surface area contributed by atoms with Gasteiger partial charge in [0.15, 0.2) is 9.84 Å². The molecule has 0 spiro atoms. The highest BCUT2D eigenvalue weighted by Gasteiger charge is 2.18. The Bertz CT molecular complexity index is 951. The first-order chi connectivity index (χ1) is 12.1. The summed E-state index contributed by atoms with van der Waals surface area (Å²) in [5.74, 6) is -1.18. The van der Waals surface area contributed by atoms with Gasteiger partial charge in [0.2, 0.25) is 5.91 Å². The van der Waals surface area contributed by atoms with Crippen molar-refractivity contribution in [3.05, 3.63) is 40.1 Å². The Kier molecular flexibility index (Phi) is 5.60. The number of nitrogens with one attached hydrogen (secondary N) is 1. The summed E-state index contributed by atoms with van der Waals surface area (Å²) in [7, 11) is -3.48. The number of amides is 1. The first-order valence-electron chi connectivity index (χ1n) is 7.68. The number of rotatable bonds is 7. The molecule has 0 atom stereocenters. The smallest absolute Gasteiger partial charge is 0.390 e. The quantitative estimate of drug-likeness (QED) is 0.420. The number of hydrogen-bond donors (Lipinski definition) is 2. The predicted octanol–water partition coefficient (Wildman–Crippen LogP) is 1.63. The van der Waals surface area contributed by atoms with Crippen LogP contribution in [0.3, 0.4) is 0 Å². The van der Waals surface area contributed by atoms with Crippen LogP contribution in [0, 0.1) is 17.0 Å². The second kappa shape index (κ2) is 7.52. The van der Waals surface area contributed by atoms with E-state index < -0.39 is 20.7 Å². The number of sulfone groups is 1. The fourth-order valence-electron chi connectivity index (χ4n) is 2.20. The van der Waals surface area contributed by atoms with Crippen LogP contribution in [0.25, 0.3) is 0 Å². The van der Waals surface area contributed by atoms with E-state index in [2.05, 4.69) is 10.4 Å². The van der Waals surface area contributed by atoms with Gasteiger partial charge in [0.05, 0.1) is 39.7 Å². The number of phenols is 1. The number of aryl methyl sites for hydroxylation is 2. The third kappa shape index (κ3) is 4.36. The van der Waals surface area contributed by atoms with Crippen LogP contribution in [0.15, 0.2) is 29.2 Å². The van der Waals surface area contributed by atoms with E-state index >= 15 is 0 Å². The van der Waals surface area contributed by atoms with Gasteiger partial charge in [-0.3, -0.25) is 4.79 Å². The van der Waals surface area contributed by atoms with Crippen molar-refractivity contribution in [3.8, 4) is 5.75 Å². The predicted molar refractivity (Wildman–Crippen MR) is 92.7 cm³/mol. The normalized spacial score (nSPS) is 11.3. The molecule has 140 valence electrons. The van der Waals surface area contributed by atoms with Gasteiger partial charge in [0.25, 0.3) is 0 Å². The van der Waals surface area contributed by atoms with Crippen LogP contribution in [-0.4, -0.2) is 39.9 Å². The zero-order valence-corrected chi connectivity index (χ0v) is 15.0. The van der Waals surface area contributed by atoms with Crippen molar-refractivity contribution in [2.45, 2.75) is 31.7 Å². The van der Waals surface area contributed by atoms with Gasteiger partial charge >= 0.3 is 5.82 Å². The molecule has 0 aliphatic heterocycles. The molecule has 0 aliphatic rings. The molecule has 2 aromatic rings. The number of nitrogens with zero attached hydrogens (tertiary/aromatic N) is 3. The van der Waals surface area contributed by atoms with Gasteiger partial charge < -0.3 is 20.5 Å². The highest BCUT2D eigenvalue weighted by Crippen LogP contribution is 2.27. The van der Waals surface area contributed by atoms with Gasteiger partial charge in [-0.15, -0.1) is 0 Å².